The van der Waals surface area contributed by atoms with Crippen molar-refractivity contribution < 1.29 is 14.3 Å². The van der Waals surface area contributed by atoms with Crippen molar-refractivity contribution in [2.45, 2.75) is 6.54 Å². The molecule has 4 rings (SSSR count). The molecule has 1 aliphatic rings. The molecule has 3 aromatic rings. The van der Waals surface area contributed by atoms with Gasteiger partial charge >= 0.3 is 0 Å². The number of nitrogens with zero attached hydrogens (tertiary/aromatic N) is 1. The fourth-order valence-electron chi connectivity index (χ4n) is 3.28. The van der Waals surface area contributed by atoms with Gasteiger partial charge in [0, 0.05) is 30.2 Å². The van der Waals surface area contributed by atoms with Gasteiger partial charge in [-0.1, -0.05) is 41.9 Å². The van der Waals surface area contributed by atoms with Crippen molar-refractivity contribution in [3.63, 3.8) is 0 Å². The van der Waals surface area contributed by atoms with Gasteiger partial charge in [-0.05, 0) is 48.0 Å². The molecule has 0 radical (unpaired) electrons. The van der Waals surface area contributed by atoms with Gasteiger partial charge in [0.2, 0.25) is 0 Å². The minimum absolute atomic E-state index is 0.215. The monoisotopic (exact) mass is 422 g/mol. The van der Waals surface area contributed by atoms with Crippen LogP contribution in [0.15, 0.2) is 72.8 Å². The van der Waals surface area contributed by atoms with E-state index in [-0.39, 0.29) is 5.91 Å². The summed E-state index contributed by atoms with van der Waals surface area (Å²) < 4.78 is 11.3. The van der Waals surface area contributed by atoms with Crippen LogP contribution in [0.5, 0.6) is 11.5 Å². The largest absolute Gasteiger partial charge is 0.455 e. The van der Waals surface area contributed by atoms with Gasteiger partial charge in [0.15, 0.2) is 5.75 Å². The van der Waals surface area contributed by atoms with E-state index in [0.29, 0.717) is 27.8 Å². The van der Waals surface area contributed by atoms with Gasteiger partial charge in [-0.15, -0.1) is 0 Å². The van der Waals surface area contributed by atoms with Crippen molar-refractivity contribution in [3.05, 3.63) is 88.9 Å². The first-order valence-electron chi connectivity index (χ1n) is 9.90. The molecule has 6 heteroatoms. The molecule has 1 amide bonds. The molecule has 1 saturated heterocycles. The molecule has 0 saturated carbocycles. The van der Waals surface area contributed by atoms with Crippen molar-refractivity contribution in [3.8, 4) is 11.5 Å². The van der Waals surface area contributed by atoms with Crippen molar-refractivity contribution in [1.82, 2.24) is 4.90 Å². The quantitative estimate of drug-likeness (QED) is 0.592. The van der Waals surface area contributed by atoms with E-state index >= 15 is 0 Å². The summed E-state index contributed by atoms with van der Waals surface area (Å²) >= 11 is 6.14. The summed E-state index contributed by atoms with van der Waals surface area (Å²) in [6.07, 6.45) is 0. The third-order valence-electron chi connectivity index (χ3n) is 4.89. The lowest BCUT2D eigenvalue weighted by atomic mass is 10.1. The van der Waals surface area contributed by atoms with Crippen LogP contribution >= 0.6 is 11.6 Å². The fraction of sp³-hybridized carbons (Fsp3) is 0.208. The Morgan fingerprint density at radius 2 is 1.73 bits per heavy atom. The molecule has 3 aromatic carbocycles. The second kappa shape index (κ2) is 9.76. The molecule has 30 heavy (non-hydrogen) atoms. The van der Waals surface area contributed by atoms with Crippen molar-refractivity contribution >= 4 is 23.2 Å². The fourth-order valence-corrected chi connectivity index (χ4v) is 3.45. The molecular formula is C24H23ClN2O3. The number of morpholine rings is 1. The van der Waals surface area contributed by atoms with Crippen molar-refractivity contribution in [2.24, 2.45) is 0 Å². The van der Waals surface area contributed by atoms with Crippen molar-refractivity contribution in [1.29, 1.82) is 0 Å². The maximum absolute atomic E-state index is 12.8. The van der Waals surface area contributed by atoms with Gasteiger partial charge in [0.05, 0.1) is 18.9 Å². The molecule has 0 aromatic heterocycles. The summed E-state index contributed by atoms with van der Waals surface area (Å²) in [5.41, 5.74) is 2.27. The summed E-state index contributed by atoms with van der Waals surface area (Å²) in [4.78, 5) is 15.1. The van der Waals surface area contributed by atoms with E-state index in [1.54, 1.807) is 18.2 Å². The number of carbonyl (C=O) groups excluding carboxylic acids is 1. The smallest absolute Gasteiger partial charge is 0.255 e. The van der Waals surface area contributed by atoms with Crippen LogP contribution < -0.4 is 10.1 Å². The average molecular weight is 423 g/mol. The van der Waals surface area contributed by atoms with Crippen LogP contribution in [0.1, 0.15) is 15.9 Å². The normalized spacial score (nSPS) is 14.3. The Labute approximate surface area is 181 Å². The van der Waals surface area contributed by atoms with Crippen molar-refractivity contribution in [2.75, 3.05) is 31.6 Å². The molecule has 1 fully saturated rings. The number of halogens is 1. The zero-order chi connectivity index (χ0) is 20.8. The number of hydrogen-bond donors (Lipinski definition) is 1. The minimum Gasteiger partial charge on any atom is -0.455 e. The Balaban J connectivity index is 1.45. The number of rotatable bonds is 6. The van der Waals surface area contributed by atoms with E-state index in [1.807, 2.05) is 54.6 Å². The van der Waals surface area contributed by atoms with Gasteiger partial charge in [-0.3, -0.25) is 9.69 Å². The molecular weight excluding hydrogens is 400 g/mol. The number of ether oxygens (including phenoxy) is 2. The summed E-state index contributed by atoms with van der Waals surface area (Å²) in [5.74, 6) is 0.999. The van der Waals surface area contributed by atoms with Crippen LogP contribution in [0, 0.1) is 0 Å². The molecule has 154 valence electrons. The van der Waals surface area contributed by atoms with E-state index < -0.39 is 0 Å². The second-order valence-electron chi connectivity index (χ2n) is 7.10. The summed E-state index contributed by atoms with van der Waals surface area (Å²) in [6, 6.07) is 22.2. The number of nitrogens with one attached hydrogen (secondary N) is 1. The van der Waals surface area contributed by atoms with Crippen LogP contribution in [0.25, 0.3) is 0 Å². The Morgan fingerprint density at radius 3 is 2.47 bits per heavy atom. The first kappa shape index (κ1) is 20.4. The Bertz CT molecular complexity index is 987. The lowest BCUT2D eigenvalue weighted by Gasteiger charge is -2.26. The van der Waals surface area contributed by atoms with Gasteiger partial charge in [0.25, 0.3) is 5.91 Å². The van der Waals surface area contributed by atoms with Gasteiger partial charge in [-0.25, -0.2) is 0 Å². The Morgan fingerprint density at radius 1 is 1.00 bits per heavy atom. The highest BCUT2D eigenvalue weighted by molar-refractivity contribution is 6.31. The van der Waals surface area contributed by atoms with E-state index in [4.69, 9.17) is 21.1 Å². The third kappa shape index (κ3) is 5.39. The molecule has 5 nitrogen and oxygen atoms in total. The maximum Gasteiger partial charge on any atom is 0.255 e. The van der Waals surface area contributed by atoms with E-state index in [1.165, 1.54) is 5.56 Å². The second-order valence-corrected chi connectivity index (χ2v) is 7.53. The SMILES string of the molecule is O=C(Nc1cc(Cl)ccc1Oc1ccccc1)c1ccc(CN2CCOCC2)cc1. The molecule has 0 aliphatic carbocycles. The number of para-hydroxylation sites is 1. The first-order valence-corrected chi connectivity index (χ1v) is 10.3. The third-order valence-corrected chi connectivity index (χ3v) is 5.12. The topological polar surface area (TPSA) is 50.8 Å². The highest BCUT2D eigenvalue weighted by Crippen LogP contribution is 2.32. The lowest BCUT2D eigenvalue weighted by molar-refractivity contribution is 0.0342. The molecule has 1 N–H and O–H groups in total. The van der Waals surface area contributed by atoms with Crippen LogP contribution in [-0.2, 0) is 11.3 Å². The highest BCUT2D eigenvalue weighted by atomic mass is 35.5. The van der Waals surface area contributed by atoms with E-state index in [9.17, 15) is 4.79 Å². The molecule has 1 heterocycles. The van der Waals surface area contributed by atoms with E-state index in [0.717, 1.165) is 32.8 Å². The lowest BCUT2D eigenvalue weighted by Crippen LogP contribution is -2.35. The number of amides is 1. The van der Waals surface area contributed by atoms with Gasteiger partial charge < -0.3 is 14.8 Å². The zero-order valence-electron chi connectivity index (χ0n) is 16.5. The Kier molecular flexibility index (Phi) is 6.64. The average Bonchev–Trinajstić information content (AvgIpc) is 2.77. The molecule has 0 spiro atoms. The van der Waals surface area contributed by atoms with Crippen LogP contribution in [0.4, 0.5) is 5.69 Å². The minimum atomic E-state index is -0.215. The van der Waals surface area contributed by atoms with Gasteiger partial charge in [0.1, 0.15) is 5.75 Å². The molecule has 0 atom stereocenters. The van der Waals surface area contributed by atoms with E-state index in [2.05, 4.69) is 10.2 Å². The van der Waals surface area contributed by atoms with Gasteiger partial charge in [-0.2, -0.15) is 0 Å². The maximum atomic E-state index is 12.8. The molecule has 0 bridgehead atoms. The Hall–Kier alpha value is -2.86. The first-order chi connectivity index (χ1) is 14.7. The number of carbonyl (C=O) groups is 1. The summed E-state index contributed by atoms with van der Waals surface area (Å²) in [7, 11) is 0. The standard InChI is InChI=1S/C24H23ClN2O3/c25-20-10-11-23(30-21-4-2-1-3-5-21)22(16-20)26-24(28)19-8-6-18(7-9-19)17-27-12-14-29-15-13-27/h1-11,16H,12-15,17H2,(H,26,28). The van der Waals surface area contributed by atoms with Crippen LogP contribution in [0.3, 0.4) is 0 Å². The zero-order valence-corrected chi connectivity index (χ0v) is 17.3. The number of hydrogen-bond acceptors (Lipinski definition) is 4. The van der Waals surface area contributed by atoms with Crippen LogP contribution in [0.2, 0.25) is 5.02 Å². The predicted molar refractivity (Wildman–Crippen MR) is 118 cm³/mol. The summed E-state index contributed by atoms with van der Waals surface area (Å²) in [6.45, 7) is 4.26. The number of anilines is 1. The number of benzene rings is 3. The predicted octanol–water partition coefficient (Wildman–Crippen LogP) is 5.22. The summed E-state index contributed by atoms with van der Waals surface area (Å²) in [5, 5.41) is 3.43. The van der Waals surface area contributed by atoms with Crippen LogP contribution in [-0.4, -0.2) is 37.1 Å². The molecule has 0 unspecified atom stereocenters. The molecule has 1 aliphatic heterocycles. The highest BCUT2D eigenvalue weighted by Gasteiger charge is 2.13.